The fourth-order valence-corrected chi connectivity index (χ4v) is 1.35. The van der Waals surface area contributed by atoms with Crippen molar-refractivity contribution in [1.82, 2.24) is 0 Å². The number of rotatable bonds is 5. The molecule has 0 aromatic carbocycles. The van der Waals surface area contributed by atoms with Crippen LogP contribution in [-0.4, -0.2) is 28.6 Å². The van der Waals surface area contributed by atoms with E-state index in [9.17, 15) is 0 Å². The van der Waals surface area contributed by atoms with Crippen LogP contribution in [0.1, 0.15) is 13.8 Å². The zero-order chi connectivity index (χ0) is 8.85. The van der Waals surface area contributed by atoms with E-state index in [1.54, 1.807) is 11.8 Å². The summed E-state index contributed by atoms with van der Waals surface area (Å²) in [7, 11) is 0. The zero-order valence-electron chi connectivity index (χ0n) is 7.00. The molecule has 0 fully saturated rings. The first-order valence-electron chi connectivity index (χ1n) is 3.64. The number of nitrogens with two attached hydrogens (primary N) is 1. The second-order valence-corrected chi connectivity index (χ2v) is 4.15. The molecule has 2 atom stereocenters. The normalized spacial score (nSPS) is 15.9. The minimum atomic E-state index is 0.119. The lowest BCUT2D eigenvalue weighted by atomic mass is 10.2. The molecule has 0 amide bonds. The predicted molar refractivity (Wildman–Crippen MR) is 50.1 cm³/mol. The summed E-state index contributed by atoms with van der Waals surface area (Å²) in [5.41, 5.74) is 5.27. The van der Waals surface area contributed by atoms with Crippen LogP contribution < -0.4 is 5.73 Å². The summed E-state index contributed by atoms with van der Waals surface area (Å²) in [6.07, 6.45) is 0. The molecule has 0 aliphatic heterocycles. The number of hydrogen-bond acceptors (Lipinski definition) is 3. The summed E-state index contributed by atoms with van der Waals surface area (Å²) in [5.74, 6) is 1.16. The van der Waals surface area contributed by atoms with Gasteiger partial charge >= 0.3 is 0 Å². The molecule has 66 valence electrons. The summed E-state index contributed by atoms with van der Waals surface area (Å²) < 4.78 is 0. The highest BCUT2D eigenvalue weighted by molar-refractivity contribution is 7.99. The van der Waals surface area contributed by atoms with Crippen LogP contribution in [0.4, 0.5) is 0 Å². The van der Waals surface area contributed by atoms with Crippen LogP contribution >= 0.6 is 11.8 Å². The lowest BCUT2D eigenvalue weighted by Gasteiger charge is -2.11. The van der Waals surface area contributed by atoms with Gasteiger partial charge in [-0.15, -0.1) is 0 Å². The van der Waals surface area contributed by atoms with E-state index in [4.69, 9.17) is 16.2 Å². The van der Waals surface area contributed by atoms with Crippen molar-refractivity contribution in [2.24, 2.45) is 11.7 Å². The van der Waals surface area contributed by atoms with Gasteiger partial charge in [0.1, 0.15) is 0 Å². The van der Waals surface area contributed by atoms with Gasteiger partial charge in [-0.25, -0.2) is 0 Å². The topological polar surface area (TPSA) is 70.1 Å². The maximum atomic E-state index is 8.68. The summed E-state index contributed by atoms with van der Waals surface area (Å²) in [5, 5.41) is 16.0. The molecule has 0 bridgehead atoms. The first kappa shape index (κ1) is 10.8. The maximum Gasteiger partial charge on any atom is 0.0942 e. The van der Waals surface area contributed by atoms with E-state index in [0.29, 0.717) is 0 Å². The highest BCUT2D eigenvalue weighted by Gasteiger charge is 2.07. The Morgan fingerprint density at radius 2 is 2.18 bits per heavy atom. The fourth-order valence-electron chi connectivity index (χ4n) is 0.451. The Morgan fingerprint density at radius 3 is 2.55 bits per heavy atom. The van der Waals surface area contributed by atoms with Gasteiger partial charge in [0.15, 0.2) is 0 Å². The second kappa shape index (κ2) is 5.43. The van der Waals surface area contributed by atoms with Crippen molar-refractivity contribution in [2.45, 2.75) is 19.1 Å². The Morgan fingerprint density at radius 1 is 1.64 bits per heavy atom. The Bertz CT molecular complexity index is 130. The Balaban J connectivity index is 3.45. The molecule has 4 N–H and O–H groups in total. The first-order valence-corrected chi connectivity index (χ1v) is 4.69. The third-order valence-corrected chi connectivity index (χ3v) is 2.83. The van der Waals surface area contributed by atoms with Crippen molar-refractivity contribution in [2.75, 3.05) is 12.4 Å². The SMILES string of the molecule is CC(CO)SCC(C)C(=N)N. The largest absolute Gasteiger partial charge is 0.395 e. The predicted octanol–water partition coefficient (Wildman–Crippen LogP) is 0.672. The molecule has 0 heterocycles. The van der Waals surface area contributed by atoms with E-state index in [1.807, 2.05) is 13.8 Å². The summed E-state index contributed by atoms with van der Waals surface area (Å²) >= 11 is 1.64. The number of aliphatic hydroxyl groups is 1. The molecule has 3 nitrogen and oxygen atoms in total. The summed E-state index contributed by atoms with van der Waals surface area (Å²) in [6, 6.07) is 0. The van der Waals surface area contributed by atoms with Crippen LogP contribution in [0.15, 0.2) is 0 Å². The van der Waals surface area contributed by atoms with Gasteiger partial charge < -0.3 is 10.8 Å². The molecule has 11 heavy (non-hydrogen) atoms. The highest BCUT2D eigenvalue weighted by atomic mass is 32.2. The van der Waals surface area contributed by atoms with E-state index in [1.165, 1.54) is 0 Å². The molecule has 2 unspecified atom stereocenters. The van der Waals surface area contributed by atoms with Crippen LogP contribution in [0.2, 0.25) is 0 Å². The van der Waals surface area contributed by atoms with Crippen LogP contribution in [0.25, 0.3) is 0 Å². The summed E-state index contributed by atoms with van der Waals surface area (Å²) in [4.78, 5) is 0. The molecule has 0 aliphatic rings. The molecular weight excluding hydrogens is 160 g/mol. The molecule has 0 aromatic heterocycles. The standard InChI is InChI=1S/C7H16N2OS/c1-5(7(8)9)4-11-6(2)3-10/h5-6,10H,3-4H2,1-2H3,(H3,8,9). The molecule has 4 heteroatoms. The molecule has 0 rings (SSSR count). The lowest BCUT2D eigenvalue weighted by Crippen LogP contribution is -2.22. The quantitative estimate of drug-likeness (QED) is 0.426. The van der Waals surface area contributed by atoms with Crippen molar-refractivity contribution in [3.8, 4) is 0 Å². The number of thioether (sulfide) groups is 1. The van der Waals surface area contributed by atoms with E-state index in [-0.39, 0.29) is 23.6 Å². The van der Waals surface area contributed by atoms with Gasteiger partial charge in [-0.1, -0.05) is 13.8 Å². The van der Waals surface area contributed by atoms with Crippen LogP contribution in [0.3, 0.4) is 0 Å². The van der Waals surface area contributed by atoms with E-state index in [0.717, 1.165) is 5.75 Å². The number of aliphatic hydroxyl groups excluding tert-OH is 1. The fraction of sp³-hybridized carbons (Fsp3) is 0.857. The Labute approximate surface area is 71.9 Å². The van der Waals surface area contributed by atoms with Gasteiger partial charge in [-0.05, 0) is 0 Å². The third-order valence-electron chi connectivity index (χ3n) is 1.42. The third kappa shape index (κ3) is 5.09. The van der Waals surface area contributed by atoms with Gasteiger partial charge in [0.25, 0.3) is 0 Å². The van der Waals surface area contributed by atoms with Crippen molar-refractivity contribution in [3.05, 3.63) is 0 Å². The lowest BCUT2D eigenvalue weighted by molar-refractivity contribution is 0.300. The average Bonchev–Trinajstić information content (AvgIpc) is 1.99. The highest BCUT2D eigenvalue weighted by Crippen LogP contribution is 2.13. The number of hydrogen-bond donors (Lipinski definition) is 3. The zero-order valence-corrected chi connectivity index (χ0v) is 7.82. The van der Waals surface area contributed by atoms with Crippen LogP contribution in [0.5, 0.6) is 0 Å². The van der Waals surface area contributed by atoms with Crippen molar-refractivity contribution in [1.29, 1.82) is 5.41 Å². The van der Waals surface area contributed by atoms with Crippen LogP contribution in [-0.2, 0) is 0 Å². The second-order valence-electron chi connectivity index (χ2n) is 2.68. The van der Waals surface area contributed by atoms with Crippen molar-refractivity contribution in [3.63, 3.8) is 0 Å². The van der Waals surface area contributed by atoms with Crippen LogP contribution in [0, 0.1) is 11.3 Å². The maximum absolute atomic E-state index is 8.68. The van der Waals surface area contributed by atoms with E-state index < -0.39 is 0 Å². The molecule has 0 spiro atoms. The molecular formula is C7H16N2OS. The van der Waals surface area contributed by atoms with Gasteiger partial charge in [-0.3, -0.25) is 5.41 Å². The monoisotopic (exact) mass is 176 g/mol. The van der Waals surface area contributed by atoms with E-state index >= 15 is 0 Å². The summed E-state index contributed by atoms with van der Waals surface area (Å²) in [6.45, 7) is 4.06. The number of amidine groups is 1. The van der Waals surface area contributed by atoms with E-state index in [2.05, 4.69) is 0 Å². The first-order chi connectivity index (χ1) is 5.07. The minimum absolute atomic E-state index is 0.119. The van der Waals surface area contributed by atoms with Gasteiger partial charge in [0, 0.05) is 16.9 Å². The van der Waals surface area contributed by atoms with Crippen molar-refractivity contribution < 1.29 is 5.11 Å². The molecule has 0 saturated carbocycles. The number of nitrogens with one attached hydrogen (secondary N) is 1. The van der Waals surface area contributed by atoms with Gasteiger partial charge in [0.2, 0.25) is 0 Å². The molecule has 0 saturated heterocycles. The smallest absolute Gasteiger partial charge is 0.0942 e. The molecule has 0 radical (unpaired) electrons. The minimum Gasteiger partial charge on any atom is -0.395 e. The molecule has 0 aromatic rings. The average molecular weight is 176 g/mol. The van der Waals surface area contributed by atoms with Gasteiger partial charge in [0.05, 0.1) is 12.4 Å². The van der Waals surface area contributed by atoms with Crippen molar-refractivity contribution >= 4 is 17.6 Å². The molecule has 0 aliphatic carbocycles. The van der Waals surface area contributed by atoms with Gasteiger partial charge in [-0.2, -0.15) is 11.8 Å². The Kier molecular flexibility index (Phi) is 5.32. The Hall–Kier alpha value is -0.220.